The molecule has 0 saturated carbocycles. The zero-order valence-corrected chi connectivity index (χ0v) is 14.7. The molecule has 0 bridgehead atoms. The van der Waals surface area contributed by atoms with Crippen LogP contribution in [0.3, 0.4) is 0 Å². The molecule has 1 aromatic carbocycles. The van der Waals surface area contributed by atoms with Gasteiger partial charge in [0.1, 0.15) is 12.4 Å². The lowest BCUT2D eigenvalue weighted by Gasteiger charge is -2.32. The molecule has 2 N–H and O–H groups in total. The van der Waals surface area contributed by atoms with E-state index in [4.69, 9.17) is 16.3 Å². The van der Waals surface area contributed by atoms with Crippen LogP contribution in [0.5, 0.6) is 5.75 Å². The molecule has 2 aliphatic heterocycles. The number of hydrogen-bond acceptors (Lipinski definition) is 4. The van der Waals surface area contributed by atoms with Gasteiger partial charge in [0.15, 0.2) is 0 Å². The fourth-order valence-corrected chi connectivity index (χ4v) is 3.45. The van der Waals surface area contributed by atoms with Crippen molar-refractivity contribution in [1.29, 1.82) is 0 Å². The van der Waals surface area contributed by atoms with Gasteiger partial charge in [-0.25, -0.2) is 0 Å². The zero-order chi connectivity index (χ0) is 16.8. The van der Waals surface area contributed by atoms with E-state index >= 15 is 0 Å². The topological polar surface area (TPSA) is 53.6 Å². The number of piperidine rings is 1. The van der Waals surface area contributed by atoms with E-state index < -0.39 is 0 Å². The van der Waals surface area contributed by atoms with Gasteiger partial charge < -0.3 is 15.4 Å². The Morgan fingerprint density at radius 1 is 1.25 bits per heavy atom. The highest BCUT2D eigenvalue weighted by atomic mass is 35.5. The molecule has 2 fully saturated rings. The Morgan fingerprint density at radius 3 is 2.67 bits per heavy atom. The van der Waals surface area contributed by atoms with Crippen LogP contribution < -0.4 is 15.4 Å². The van der Waals surface area contributed by atoms with Crippen molar-refractivity contribution < 1.29 is 9.53 Å². The SMILES string of the molecule is O=C(NC1CCN(CCOc2ccc(Cl)cc2)CC1)C1CCNC1. The Hall–Kier alpha value is -1.30. The maximum absolute atomic E-state index is 12.2. The van der Waals surface area contributed by atoms with Crippen LogP contribution in [0.4, 0.5) is 0 Å². The number of ether oxygens (including phenoxy) is 1. The highest BCUT2D eigenvalue weighted by Gasteiger charge is 2.26. The molecule has 0 aromatic heterocycles. The highest BCUT2D eigenvalue weighted by molar-refractivity contribution is 6.30. The Morgan fingerprint density at radius 2 is 2.00 bits per heavy atom. The monoisotopic (exact) mass is 351 g/mol. The van der Waals surface area contributed by atoms with Crippen molar-refractivity contribution in [1.82, 2.24) is 15.5 Å². The van der Waals surface area contributed by atoms with E-state index in [2.05, 4.69) is 15.5 Å². The third-order valence-electron chi connectivity index (χ3n) is 4.85. The van der Waals surface area contributed by atoms with Gasteiger partial charge in [-0.15, -0.1) is 0 Å². The van der Waals surface area contributed by atoms with Crippen LogP contribution in [0.2, 0.25) is 5.02 Å². The lowest BCUT2D eigenvalue weighted by molar-refractivity contribution is -0.125. The molecule has 0 spiro atoms. The minimum Gasteiger partial charge on any atom is -0.492 e. The molecule has 1 aromatic rings. The first kappa shape index (κ1) is 17.5. The van der Waals surface area contributed by atoms with Gasteiger partial charge in [0.2, 0.25) is 5.91 Å². The predicted octanol–water partition coefficient (Wildman–Crippen LogP) is 1.91. The number of hydrogen-bond donors (Lipinski definition) is 2. The van der Waals surface area contributed by atoms with E-state index in [0.29, 0.717) is 12.6 Å². The second-order valence-corrected chi connectivity index (χ2v) is 7.05. The molecule has 0 aliphatic carbocycles. The molecular formula is C18H26ClN3O2. The number of likely N-dealkylation sites (tertiary alicyclic amines) is 1. The fourth-order valence-electron chi connectivity index (χ4n) is 3.32. The number of benzene rings is 1. The Kier molecular flexibility index (Phi) is 6.35. The van der Waals surface area contributed by atoms with Gasteiger partial charge in [-0.05, 0) is 50.1 Å². The molecule has 1 atom stereocenters. The summed E-state index contributed by atoms with van der Waals surface area (Å²) in [6.45, 7) is 5.40. The van der Waals surface area contributed by atoms with Crippen molar-refractivity contribution in [3.8, 4) is 5.75 Å². The van der Waals surface area contributed by atoms with Crippen molar-refractivity contribution in [2.24, 2.45) is 5.92 Å². The van der Waals surface area contributed by atoms with E-state index in [1.165, 1.54) is 0 Å². The van der Waals surface area contributed by atoms with Crippen LogP contribution in [-0.2, 0) is 4.79 Å². The zero-order valence-electron chi connectivity index (χ0n) is 14.0. The molecule has 2 heterocycles. The van der Waals surface area contributed by atoms with Crippen LogP contribution in [0, 0.1) is 5.92 Å². The Bertz CT molecular complexity index is 524. The quantitative estimate of drug-likeness (QED) is 0.822. The van der Waals surface area contributed by atoms with E-state index in [0.717, 1.165) is 62.8 Å². The van der Waals surface area contributed by atoms with E-state index in [1.54, 1.807) is 0 Å². The second-order valence-electron chi connectivity index (χ2n) is 6.62. The van der Waals surface area contributed by atoms with Crippen molar-refractivity contribution in [3.05, 3.63) is 29.3 Å². The summed E-state index contributed by atoms with van der Waals surface area (Å²) in [5.41, 5.74) is 0. The normalized spacial score (nSPS) is 22.5. The maximum Gasteiger partial charge on any atom is 0.224 e. The summed E-state index contributed by atoms with van der Waals surface area (Å²) in [5.74, 6) is 1.24. The number of halogens is 1. The molecule has 2 aliphatic rings. The molecule has 132 valence electrons. The number of carbonyl (C=O) groups is 1. The van der Waals surface area contributed by atoms with Crippen LogP contribution in [0.25, 0.3) is 0 Å². The summed E-state index contributed by atoms with van der Waals surface area (Å²) in [6.07, 6.45) is 3.01. The molecule has 1 amide bonds. The van der Waals surface area contributed by atoms with E-state index in [-0.39, 0.29) is 11.8 Å². The maximum atomic E-state index is 12.2. The summed E-state index contributed by atoms with van der Waals surface area (Å²) in [5, 5.41) is 7.19. The van der Waals surface area contributed by atoms with Crippen LogP contribution in [-0.4, -0.2) is 56.2 Å². The average Bonchev–Trinajstić information content (AvgIpc) is 3.13. The standard InChI is InChI=1S/C18H26ClN3O2/c19-15-1-3-17(4-2-15)24-12-11-22-9-6-16(7-10-22)21-18(23)14-5-8-20-13-14/h1-4,14,16,20H,5-13H2,(H,21,23). The first-order valence-corrected chi connectivity index (χ1v) is 9.20. The van der Waals surface area contributed by atoms with Gasteiger partial charge in [0.05, 0.1) is 5.92 Å². The molecule has 2 saturated heterocycles. The van der Waals surface area contributed by atoms with Crippen LogP contribution >= 0.6 is 11.6 Å². The smallest absolute Gasteiger partial charge is 0.224 e. The number of nitrogens with one attached hydrogen (secondary N) is 2. The summed E-state index contributed by atoms with van der Waals surface area (Å²) in [6, 6.07) is 7.78. The first-order chi connectivity index (χ1) is 11.7. The van der Waals surface area contributed by atoms with Gasteiger partial charge in [0.25, 0.3) is 0 Å². The number of rotatable bonds is 6. The molecule has 0 radical (unpaired) electrons. The first-order valence-electron chi connectivity index (χ1n) is 8.82. The number of amides is 1. The number of nitrogens with zero attached hydrogens (tertiary/aromatic N) is 1. The van der Waals surface area contributed by atoms with Gasteiger partial charge in [-0.3, -0.25) is 9.69 Å². The van der Waals surface area contributed by atoms with Gasteiger partial charge >= 0.3 is 0 Å². The Labute approximate surface area is 148 Å². The molecule has 6 heteroatoms. The van der Waals surface area contributed by atoms with Gasteiger partial charge in [-0.1, -0.05) is 11.6 Å². The minimum absolute atomic E-state index is 0.163. The second kappa shape index (κ2) is 8.70. The molecule has 24 heavy (non-hydrogen) atoms. The Balaban J connectivity index is 1.31. The molecule has 1 unspecified atom stereocenters. The van der Waals surface area contributed by atoms with Gasteiger partial charge in [-0.2, -0.15) is 0 Å². The summed E-state index contributed by atoms with van der Waals surface area (Å²) in [4.78, 5) is 14.6. The number of carbonyl (C=O) groups excluding carboxylic acids is 1. The highest BCUT2D eigenvalue weighted by Crippen LogP contribution is 2.16. The third kappa shape index (κ3) is 5.10. The molecule has 3 rings (SSSR count). The fraction of sp³-hybridized carbons (Fsp3) is 0.611. The van der Waals surface area contributed by atoms with Gasteiger partial charge in [0, 0.05) is 37.2 Å². The van der Waals surface area contributed by atoms with Crippen LogP contribution in [0.1, 0.15) is 19.3 Å². The third-order valence-corrected chi connectivity index (χ3v) is 5.11. The van der Waals surface area contributed by atoms with E-state index in [1.807, 2.05) is 24.3 Å². The molecular weight excluding hydrogens is 326 g/mol. The van der Waals surface area contributed by atoms with Crippen molar-refractivity contribution in [3.63, 3.8) is 0 Å². The van der Waals surface area contributed by atoms with Crippen molar-refractivity contribution in [2.45, 2.75) is 25.3 Å². The van der Waals surface area contributed by atoms with Crippen molar-refractivity contribution in [2.75, 3.05) is 39.3 Å². The average molecular weight is 352 g/mol. The minimum atomic E-state index is 0.163. The van der Waals surface area contributed by atoms with Crippen LogP contribution in [0.15, 0.2) is 24.3 Å². The lowest BCUT2D eigenvalue weighted by atomic mass is 10.0. The van der Waals surface area contributed by atoms with Crippen molar-refractivity contribution >= 4 is 17.5 Å². The summed E-state index contributed by atoms with van der Waals surface area (Å²) >= 11 is 5.86. The lowest BCUT2D eigenvalue weighted by Crippen LogP contribution is -2.47. The predicted molar refractivity (Wildman–Crippen MR) is 95.5 cm³/mol. The molecule has 5 nitrogen and oxygen atoms in total. The van der Waals surface area contributed by atoms with E-state index in [9.17, 15) is 4.79 Å². The summed E-state index contributed by atoms with van der Waals surface area (Å²) in [7, 11) is 0. The largest absolute Gasteiger partial charge is 0.492 e. The summed E-state index contributed by atoms with van der Waals surface area (Å²) < 4.78 is 5.75.